The lowest BCUT2D eigenvalue weighted by Crippen LogP contribution is -2.36. The molecule has 0 aliphatic carbocycles. The summed E-state index contributed by atoms with van der Waals surface area (Å²) in [4.78, 5) is 26.0. The summed E-state index contributed by atoms with van der Waals surface area (Å²) in [7, 11) is 0. The smallest absolute Gasteiger partial charge is 0.335 e. The van der Waals surface area contributed by atoms with E-state index < -0.39 is 5.97 Å². The van der Waals surface area contributed by atoms with Gasteiger partial charge in [-0.05, 0) is 25.1 Å². The van der Waals surface area contributed by atoms with Crippen molar-refractivity contribution in [1.82, 2.24) is 15.6 Å². The third-order valence-corrected chi connectivity index (χ3v) is 2.16. The summed E-state index contributed by atoms with van der Waals surface area (Å²) in [5.41, 5.74) is 5.92. The van der Waals surface area contributed by atoms with Gasteiger partial charge in [0.15, 0.2) is 0 Å². The number of nitrogens with one attached hydrogen (secondary N) is 2. The first-order valence-electron chi connectivity index (χ1n) is 5.53. The summed E-state index contributed by atoms with van der Waals surface area (Å²) in [5.74, 6) is -1.02. The van der Waals surface area contributed by atoms with Crippen LogP contribution in [0.3, 0.4) is 0 Å². The topological polar surface area (TPSA) is 117 Å². The lowest BCUT2D eigenvalue weighted by Gasteiger charge is -2.06. The molecule has 0 radical (unpaired) electrons. The second-order valence-corrected chi connectivity index (χ2v) is 3.59. The van der Waals surface area contributed by atoms with Crippen molar-refractivity contribution >= 4 is 12.0 Å². The highest BCUT2D eigenvalue weighted by molar-refractivity contribution is 5.87. The van der Waals surface area contributed by atoms with E-state index in [2.05, 4.69) is 15.6 Å². The van der Waals surface area contributed by atoms with Crippen LogP contribution in [0, 0.1) is 0 Å². The lowest BCUT2D eigenvalue weighted by molar-refractivity contribution is 0.0696. The molecule has 1 rings (SSSR count). The number of rotatable bonds is 6. The molecule has 0 spiro atoms. The fourth-order valence-electron chi connectivity index (χ4n) is 1.25. The molecule has 18 heavy (non-hydrogen) atoms. The molecule has 0 saturated carbocycles. The normalized spacial score (nSPS) is 9.83. The van der Waals surface area contributed by atoms with Gasteiger partial charge in [-0.3, -0.25) is 4.98 Å². The molecule has 7 nitrogen and oxygen atoms in total. The summed E-state index contributed by atoms with van der Waals surface area (Å²) >= 11 is 0. The van der Waals surface area contributed by atoms with Crippen molar-refractivity contribution in [3.63, 3.8) is 0 Å². The molecule has 0 atom stereocenters. The summed E-state index contributed by atoms with van der Waals surface area (Å²) < 4.78 is 0. The highest BCUT2D eigenvalue weighted by Crippen LogP contribution is 2.01. The van der Waals surface area contributed by atoms with Crippen molar-refractivity contribution in [1.29, 1.82) is 0 Å². The molecule has 0 saturated heterocycles. The molecular weight excluding hydrogens is 236 g/mol. The van der Waals surface area contributed by atoms with E-state index in [9.17, 15) is 9.59 Å². The largest absolute Gasteiger partial charge is 0.478 e. The maximum Gasteiger partial charge on any atom is 0.335 e. The van der Waals surface area contributed by atoms with Gasteiger partial charge in [0.1, 0.15) is 0 Å². The van der Waals surface area contributed by atoms with Crippen LogP contribution >= 0.6 is 0 Å². The number of carboxylic acid groups (broad SMARTS) is 1. The Morgan fingerprint density at radius 1 is 1.39 bits per heavy atom. The monoisotopic (exact) mass is 252 g/mol. The Hall–Kier alpha value is -2.15. The van der Waals surface area contributed by atoms with E-state index in [1.165, 1.54) is 18.3 Å². The number of hydrogen-bond acceptors (Lipinski definition) is 4. The fourth-order valence-corrected chi connectivity index (χ4v) is 1.25. The second-order valence-electron chi connectivity index (χ2n) is 3.59. The molecule has 0 unspecified atom stereocenters. The Balaban J connectivity index is 2.41. The van der Waals surface area contributed by atoms with E-state index in [1.807, 2.05) is 0 Å². The summed E-state index contributed by atoms with van der Waals surface area (Å²) in [6, 6.07) is 2.49. The van der Waals surface area contributed by atoms with E-state index in [4.69, 9.17) is 10.8 Å². The highest BCUT2D eigenvalue weighted by Gasteiger charge is 2.05. The van der Waals surface area contributed by atoms with Gasteiger partial charge in [0, 0.05) is 12.7 Å². The van der Waals surface area contributed by atoms with Gasteiger partial charge in [-0.15, -0.1) is 0 Å². The number of amides is 2. The van der Waals surface area contributed by atoms with Crippen molar-refractivity contribution in [2.45, 2.75) is 13.0 Å². The van der Waals surface area contributed by atoms with Crippen molar-refractivity contribution in [3.8, 4) is 0 Å². The number of aromatic carboxylic acids is 1. The molecule has 0 bridgehead atoms. The zero-order valence-corrected chi connectivity index (χ0v) is 9.85. The van der Waals surface area contributed by atoms with Gasteiger partial charge in [0.2, 0.25) is 0 Å². The third-order valence-electron chi connectivity index (χ3n) is 2.16. The predicted molar refractivity (Wildman–Crippen MR) is 65.1 cm³/mol. The zero-order chi connectivity index (χ0) is 13.4. The van der Waals surface area contributed by atoms with Gasteiger partial charge in [-0.2, -0.15) is 0 Å². The minimum Gasteiger partial charge on any atom is -0.478 e. The summed E-state index contributed by atoms with van der Waals surface area (Å²) in [6.45, 7) is 1.20. The Labute approximate surface area is 104 Å². The van der Waals surface area contributed by atoms with Crippen LogP contribution in [0.25, 0.3) is 0 Å². The Morgan fingerprint density at radius 3 is 2.83 bits per heavy atom. The van der Waals surface area contributed by atoms with Gasteiger partial charge in [-0.25, -0.2) is 9.59 Å². The second kappa shape index (κ2) is 7.23. The van der Waals surface area contributed by atoms with Crippen molar-refractivity contribution in [2.75, 3.05) is 13.1 Å². The van der Waals surface area contributed by atoms with Crippen LogP contribution in [0.1, 0.15) is 22.5 Å². The molecule has 1 aromatic heterocycles. The number of carbonyl (C=O) groups is 2. The van der Waals surface area contributed by atoms with Gasteiger partial charge in [0.05, 0.1) is 17.8 Å². The standard InChI is InChI=1S/C11H16N4O3/c12-3-1-4-14-11(18)15-7-9-6-8(10(16)17)2-5-13-9/h2,5-6H,1,3-4,7,12H2,(H,16,17)(H2,14,15,18). The molecule has 0 aliphatic rings. The molecule has 0 fully saturated rings. The number of nitrogens with zero attached hydrogens (tertiary/aromatic N) is 1. The first-order chi connectivity index (χ1) is 8.63. The van der Waals surface area contributed by atoms with E-state index in [0.29, 0.717) is 25.2 Å². The number of hydrogen-bond donors (Lipinski definition) is 4. The molecular formula is C11H16N4O3. The van der Waals surface area contributed by atoms with Gasteiger partial charge in [0.25, 0.3) is 0 Å². The summed E-state index contributed by atoms with van der Waals surface area (Å²) in [5, 5.41) is 14.0. The van der Waals surface area contributed by atoms with Crippen LogP contribution in [0.2, 0.25) is 0 Å². The van der Waals surface area contributed by atoms with Gasteiger partial charge < -0.3 is 21.5 Å². The Kier molecular flexibility index (Phi) is 5.59. The molecule has 0 aromatic carbocycles. The number of nitrogens with two attached hydrogens (primary N) is 1. The van der Waals surface area contributed by atoms with Crippen LogP contribution in [0.4, 0.5) is 4.79 Å². The lowest BCUT2D eigenvalue weighted by atomic mass is 10.2. The molecule has 0 aliphatic heterocycles. The quantitative estimate of drug-likeness (QED) is 0.528. The van der Waals surface area contributed by atoms with E-state index in [-0.39, 0.29) is 18.1 Å². The number of carboxylic acids is 1. The molecule has 1 heterocycles. The van der Waals surface area contributed by atoms with Crippen LogP contribution in [0.5, 0.6) is 0 Å². The van der Waals surface area contributed by atoms with E-state index in [1.54, 1.807) is 0 Å². The minimum absolute atomic E-state index is 0.144. The van der Waals surface area contributed by atoms with E-state index in [0.717, 1.165) is 0 Å². The predicted octanol–water partition coefficient (Wildman–Crippen LogP) is -0.0722. The highest BCUT2D eigenvalue weighted by atomic mass is 16.4. The Morgan fingerprint density at radius 2 is 2.17 bits per heavy atom. The summed E-state index contributed by atoms with van der Waals surface area (Å²) in [6.07, 6.45) is 2.10. The average Bonchev–Trinajstić information content (AvgIpc) is 2.37. The number of carbonyl (C=O) groups excluding carboxylic acids is 1. The number of urea groups is 1. The maximum atomic E-state index is 11.3. The molecule has 1 aromatic rings. The molecule has 2 amide bonds. The van der Waals surface area contributed by atoms with Crippen LogP contribution in [-0.4, -0.2) is 35.2 Å². The fraction of sp³-hybridized carbons (Fsp3) is 0.364. The number of pyridine rings is 1. The third kappa shape index (κ3) is 4.79. The maximum absolute atomic E-state index is 11.3. The SMILES string of the molecule is NCCCNC(=O)NCc1cc(C(=O)O)ccn1. The zero-order valence-electron chi connectivity index (χ0n) is 9.85. The van der Waals surface area contributed by atoms with Crippen molar-refractivity contribution in [2.24, 2.45) is 5.73 Å². The van der Waals surface area contributed by atoms with Gasteiger partial charge in [-0.1, -0.05) is 0 Å². The molecule has 5 N–H and O–H groups in total. The molecule has 98 valence electrons. The van der Waals surface area contributed by atoms with Crippen molar-refractivity contribution < 1.29 is 14.7 Å². The van der Waals surface area contributed by atoms with Crippen molar-refractivity contribution in [3.05, 3.63) is 29.6 Å². The van der Waals surface area contributed by atoms with Crippen LogP contribution in [-0.2, 0) is 6.54 Å². The Bertz CT molecular complexity index is 423. The minimum atomic E-state index is -1.02. The van der Waals surface area contributed by atoms with Crippen LogP contribution < -0.4 is 16.4 Å². The van der Waals surface area contributed by atoms with Gasteiger partial charge >= 0.3 is 12.0 Å². The van der Waals surface area contributed by atoms with Crippen LogP contribution in [0.15, 0.2) is 18.3 Å². The molecule has 7 heteroatoms. The first kappa shape index (κ1) is 13.9. The first-order valence-corrected chi connectivity index (χ1v) is 5.53. The van der Waals surface area contributed by atoms with E-state index >= 15 is 0 Å². The number of aromatic nitrogens is 1. The average molecular weight is 252 g/mol.